The summed E-state index contributed by atoms with van der Waals surface area (Å²) in [7, 11) is -2.68. The molecule has 0 amide bonds. The lowest BCUT2D eigenvalue weighted by Gasteiger charge is -2.25. The van der Waals surface area contributed by atoms with Gasteiger partial charge in [-0.1, -0.05) is 132 Å². The Morgan fingerprint density at radius 1 is 0.686 bits per heavy atom. The van der Waals surface area contributed by atoms with Crippen molar-refractivity contribution < 1.29 is 8.42 Å². The van der Waals surface area contributed by atoms with E-state index in [1.807, 2.05) is 18.2 Å². The maximum absolute atomic E-state index is 11.1. The van der Waals surface area contributed by atoms with Crippen LogP contribution in [0.2, 0.25) is 0 Å². The second-order valence-electron chi connectivity index (χ2n) is 17.6. The average Bonchev–Trinajstić information content (AvgIpc) is 3.41. The van der Waals surface area contributed by atoms with Gasteiger partial charge in [-0.3, -0.25) is 9.78 Å². The number of nitrogens with zero attached hydrogens (tertiary/aromatic N) is 2. The second-order valence-corrected chi connectivity index (χ2v) is 19.8. The van der Waals surface area contributed by atoms with Gasteiger partial charge in [-0.15, -0.1) is 0 Å². The minimum absolute atomic E-state index is 0.0435. The summed E-state index contributed by atoms with van der Waals surface area (Å²) in [5.41, 5.74) is 11.9. The van der Waals surface area contributed by atoms with Crippen LogP contribution in [0.3, 0.4) is 0 Å². The Morgan fingerprint density at radius 3 is 1.67 bits per heavy atom. The zero-order chi connectivity index (χ0) is 38.7. The van der Waals surface area contributed by atoms with Gasteiger partial charge in [-0.25, -0.2) is 13.4 Å². The van der Waals surface area contributed by atoms with E-state index in [0.717, 1.165) is 30.5 Å². The van der Waals surface area contributed by atoms with Gasteiger partial charge >= 0.3 is 0 Å². The molecule has 0 saturated carbocycles. The molecule has 8 heteroatoms. The van der Waals surface area contributed by atoms with Crippen molar-refractivity contribution >= 4 is 15.7 Å². The molecule has 1 unspecified atom stereocenters. The zero-order valence-corrected chi connectivity index (χ0v) is 34.1. The van der Waals surface area contributed by atoms with Crippen molar-refractivity contribution in [2.24, 2.45) is 11.3 Å². The lowest BCUT2D eigenvalue weighted by molar-refractivity contribution is 0.268. The topological polar surface area (TPSA) is 119 Å². The van der Waals surface area contributed by atoms with Gasteiger partial charge in [0.15, 0.2) is 9.84 Å². The molecule has 1 aliphatic rings. The quantitative estimate of drug-likeness (QED) is 0.218. The molecule has 3 aromatic heterocycles. The fourth-order valence-corrected chi connectivity index (χ4v) is 7.27. The van der Waals surface area contributed by atoms with Gasteiger partial charge in [0.1, 0.15) is 5.82 Å². The molecule has 5 rings (SSSR count). The van der Waals surface area contributed by atoms with Crippen molar-refractivity contribution in [2.45, 2.75) is 119 Å². The van der Waals surface area contributed by atoms with Crippen LogP contribution in [0.25, 0.3) is 0 Å². The van der Waals surface area contributed by atoms with Crippen LogP contribution < -0.4 is 11.3 Å². The van der Waals surface area contributed by atoms with Crippen LogP contribution in [-0.2, 0) is 38.9 Å². The van der Waals surface area contributed by atoms with Crippen LogP contribution >= 0.6 is 0 Å². The van der Waals surface area contributed by atoms with Crippen molar-refractivity contribution in [3.8, 4) is 0 Å². The first-order valence-corrected chi connectivity index (χ1v) is 19.8. The number of pyridine rings is 3. The number of H-pyrrole nitrogens is 1. The Hall–Kier alpha value is -3.78. The Balaban J connectivity index is 0.000000243. The van der Waals surface area contributed by atoms with E-state index in [9.17, 15) is 13.2 Å². The standard InChI is InChI=1S/C17H21N.C9H14N2.C9H13NO.C8H16O2S/c1-17(2,3)16-11-7-10-15(18-16)13-12-14-8-5-4-6-9-14;1-9(2,3)7-5-4-6-8(10)11-7;1-9(2,3)7-4-5-8(11)10-6-7;1-8(2,3)7-4-5-11(9,10)6-7/h4-11H,12-13H2,1-3H3;4-6H,1-3H3,(H2,10,11);4-6H,1-3H3,(H,10,11);7H,4-6H2,1-3H3. The number of aromatic nitrogens is 3. The summed E-state index contributed by atoms with van der Waals surface area (Å²) < 4.78 is 22.2. The van der Waals surface area contributed by atoms with Gasteiger partial charge in [0.25, 0.3) is 0 Å². The zero-order valence-electron chi connectivity index (χ0n) is 33.3. The first kappa shape index (κ1) is 43.4. The largest absolute Gasteiger partial charge is 0.384 e. The van der Waals surface area contributed by atoms with Crippen molar-refractivity contribution in [2.75, 3.05) is 17.2 Å². The molecular weight excluding hydrogens is 653 g/mol. The number of benzene rings is 1. The molecule has 0 radical (unpaired) electrons. The van der Waals surface area contributed by atoms with E-state index in [2.05, 4.69) is 142 Å². The number of rotatable bonds is 3. The monoisotopic (exact) mass is 716 g/mol. The molecule has 1 aliphatic heterocycles. The molecule has 4 aromatic rings. The van der Waals surface area contributed by atoms with E-state index in [0.29, 0.717) is 23.2 Å². The number of aromatic amines is 1. The number of anilines is 1. The first-order chi connectivity index (χ1) is 23.4. The van der Waals surface area contributed by atoms with Crippen LogP contribution in [0.5, 0.6) is 0 Å². The van der Waals surface area contributed by atoms with Gasteiger partial charge in [-0.05, 0) is 71.4 Å². The van der Waals surface area contributed by atoms with Gasteiger partial charge in [-0.2, -0.15) is 0 Å². The van der Waals surface area contributed by atoms with E-state index in [4.69, 9.17) is 10.7 Å². The molecule has 4 heterocycles. The predicted molar refractivity (Wildman–Crippen MR) is 216 cm³/mol. The summed E-state index contributed by atoms with van der Waals surface area (Å²) in [5, 5.41) is 0. The summed E-state index contributed by atoms with van der Waals surface area (Å²) in [6.07, 6.45) is 4.68. The van der Waals surface area contributed by atoms with E-state index in [1.54, 1.807) is 18.3 Å². The van der Waals surface area contributed by atoms with E-state index in [1.165, 1.54) is 17.0 Å². The molecule has 1 fully saturated rings. The van der Waals surface area contributed by atoms with Crippen molar-refractivity contribution in [1.82, 2.24) is 15.0 Å². The summed E-state index contributed by atoms with van der Waals surface area (Å²) >= 11 is 0. The predicted octanol–water partition coefficient (Wildman–Crippen LogP) is 9.27. The van der Waals surface area contributed by atoms with Gasteiger partial charge in [0.2, 0.25) is 5.56 Å². The summed E-state index contributed by atoms with van der Waals surface area (Å²) in [6, 6.07) is 26.1. The molecule has 7 nitrogen and oxygen atoms in total. The highest BCUT2D eigenvalue weighted by Gasteiger charge is 2.35. The van der Waals surface area contributed by atoms with Crippen molar-refractivity contribution in [3.05, 3.63) is 124 Å². The Bertz CT molecular complexity index is 1780. The number of hydrogen-bond donors (Lipinski definition) is 2. The Labute approximate surface area is 308 Å². The van der Waals surface area contributed by atoms with Crippen LogP contribution in [0.15, 0.2) is 89.9 Å². The lowest BCUT2D eigenvalue weighted by Crippen LogP contribution is -2.21. The first-order valence-electron chi connectivity index (χ1n) is 18.0. The molecule has 0 aliphatic carbocycles. The minimum Gasteiger partial charge on any atom is -0.384 e. The SMILES string of the molecule is CC(C)(C)C1CCS(=O)(=O)C1.CC(C)(C)c1ccc(=O)[nH]c1.CC(C)(C)c1cccc(CCc2ccccc2)n1.CC(C)(C)c1cccc(N)n1. The van der Waals surface area contributed by atoms with E-state index >= 15 is 0 Å². The molecular formula is C43H64N4O3S. The molecule has 51 heavy (non-hydrogen) atoms. The molecule has 1 aromatic carbocycles. The smallest absolute Gasteiger partial charge is 0.247 e. The normalized spacial score (nSPS) is 15.6. The number of nitrogens with two attached hydrogens (primary N) is 1. The molecule has 0 spiro atoms. The number of hydrogen-bond acceptors (Lipinski definition) is 6. The summed E-state index contributed by atoms with van der Waals surface area (Å²) in [5.74, 6) is 1.76. The highest BCUT2D eigenvalue weighted by Crippen LogP contribution is 2.34. The average molecular weight is 717 g/mol. The van der Waals surface area contributed by atoms with Gasteiger partial charge in [0.05, 0.1) is 11.5 Å². The number of sulfone groups is 1. The van der Waals surface area contributed by atoms with Gasteiger partial charge < -0.3 is 10.7 Å². The summed E-state index contributed by atoms with van der Waals surface area (Å²) in [4.78, 5) is 22.3. The Morgan fingerprint density at radius 2 is 1.25 bits per heavy atom. The Kier molecular flexibility index (Phi) is 15.4. The van der Waals surface area contributed by atoms with Crippen molar-refractivity contribution in [3.63, 3.8) is 0 Å². The molecule has 3 N–H and O–H groups in total. The fraction of sp³-hybridized carbons (Fsp3) is 0.512. The molecule has 280 valence electrons. The van der Waals surface area contributed by atoms with E-state index in [-0.39, 0.29) is 27.2 Å². The third-order valence-electron chi connectivity index (χ3n) is 8.73. The molecule has 1 saturated heterocycles. The van der Waals surface area contributed by atoms with Crippen molar-refractivity contribution in [1.29, 1.82) is 0 Å². The summed E-state index contributed by atoms with van der Waals surface area (Å²) in [6.45, 7) is 25.6. The second kappa shape index (κ2) is 18.1. The minimum atomic E-state index is -2.68. The maximum atomic E-state index is 11.1. The number of nitrogens with one attached hydrogen (secondary N) is 1. The third kappa shape index (κ3) is 16.4. The van der Waals surface area contributed by atoms with E-state index < -0.39 is 9.84 Å². The van der Waals surface area contributed by atoms with Crippen LogP contribution in [0.4, 0.5) is 5.82 Å². The fourth-order valence-electron chi connectivity index (χ4n) is 5.18. The highest BCUT2D eigenvalue weighted by molar-refractivity contribution is 7.91. The molecule has 1 atom stereocenters. The van der Waals surface area contributed by atoms with Crippen LogP contribution in [0.1, 0.15) is 118 Å². The van der Waals surface area contributed by atoms with Crippen LogP contribution in [-0.4, -0.2) is 34.9 Å². The highest BCUT2D eigenvalue weighted by atomic mass is 32.2. The third-order valence-corrected chi connectivity index (χ3v) is 10.5. The lowest BCUT2D eigenvalue weighted by atomic mass is 9.81. The number of aryl methyl sites for hydroxylation is 2. The molecule has 0 bridgehead atoms. The number of nitrogen functional groups attached to an aromatic ring is 1. The van der Waals surface area contributed by atoms with Gasteiger partial charge in [0, 0.05) is 40.2 Å². The van der Waals surface area contributed by atoms with Crippen LogP contribution in [0, 0.1) is 11.3 Å². The maximum Gasteiger partial charge on any atom is 0.247 e.